The Morgan fingerprint density at radius 1 is 1.25 bits per heavy atom. The topological polar surface area (TPSA) is 20.3 Å². The summed E-state index contributed by atoms with van der Waals surface area (Å²) < 4.78 is 0. The molecule has 1 aromatic rings. The van der Waals surface area contributed by atoms with Gasteiger partial charge in [-0.15, -0.1) is 11.8 Å². The van der Waals surface area contributed by atoms with Gasteiger partial charge in [0.15, 0.2) is 0 Å². The number of hydrogen-bond donors (Lipinski definition) is 0. The van der Waals surface area contributed by atoms with Crippen LogP contribution in [0.4, 0.5) is 0 Å². The molecule has 2 nitrogen and oxygen atoms in total. The monoisotopic (exact) mass is 235 g/mol. The van der Waals surface area contributed by atoms with Gasteiger partial charge in [-0.1, -0.05) is 17.2 Å². The summed E-state index contributed by atoms with van der Waals surface area (Å²) in [7, 11) is 0. The molecule has 0 bridgehead atoms. The molecule has 1 saturated heterocycles. The van der Waals surface area contributed by atoms with E-state index in [1.165, 1.54) is 5.75 Å². The normalized spacial score (nSPS) is 16.2. The van der Waals surface area contributed by atoms with Gasteiger partial charge in [0.05, 0.1) is 5.88 Å². The van der Waals surface area contributed by atoms with E-state index in [4.69, 9.17) is 0 Å². The molecule has 1 fully saturated rings. The lowest BCUT2D eigenvalue weighted by molar-refractivity contribution is 0.0782. The van der Waals surface area contributed by atoms with E-state index in [0.717, 1.165) is 35.5 Å². The lowest BCUT2D eigenvalue weighted by atomic mass is 10.1. The van der Waals surface area contributed by atoms with Crippen molar-refractivity contribution in [1.82, 2.24) is 4.90 Å². The number of rotatable bonds is 1. The smallest absolute Gasteiger partial charge is 0.254 e. The molecule has 1 aromatic carbocycles. The minimum Gasteiger partial charge on any atom is -0.329 e. The van der Waals surface area contributed by atoms with E-state index < -0.39 is 0 Å². The maximum absolute atomic E-state index is 12.2. The Morgan fingerprint density at radius 2 is 1.94 bits per heavy atom. The van der Waals surface area contributed by atoms with Crippen LogP contribution < -0.4 is 0 Å². The predicted octanol–water partition coefficient (Wildman–Crippen LogP) is 2.84. The number of nitrogens with zero attached hydrogens (tertiary/aromatic N) is 1. The van der Waals surface area contributed by atoms with Crippen molar-refractivity contribution >= 4 is 17.7 Å². The van der Waals surface area contributed by atoms with Crippen LogP contribution in [0.1, 0.15) is 27.9 Å². The third-order valence-corrected chi connectivity index (χ3v) is 3.79. The van der Waals surface area contributed by atoms with Gasteiger partial charge in [-0.05, 0) is 38.2 Å². The second kappa shape index (κ2) is 4.91. The molecule has 2 rings (SSSR count). The van der Waals surface area contributed by atoms with Crippen LogP contribution in [0.3, 0.4) is 0 Å². The summed E-state index contributed by atoms with van der Waals surface area (Å²) >= 11 is 1.84. The molecule has 1 amide bonds. The van der Waals surface area contributed by atoms with Gasteiger partial charge < -0.3 is 4.90 Å². The van der Waals surface area contributed by atoms with E-state index >= 15 is 0 Å². The predicted molar refractivity (Wildman–Crippen MR) is 68.9 cm³/mol. The van der Waals surface area contributed by atoms with Crippen molar-refractivity contribution in [3.63, 3.8) is 0 Å². The maximum atomic E-state index is 12.2. The second-order valence-electron chi connectivity index (χ2n) is 4.34. The summed E-state index contributed by atoms with van der Waals surface area (Å²) in [6.45, 7) is 4.97. The molecule has 0 aliphatic carbocycles. The Balaban J connectivity index is 2.19. The fourth-order valence-electron chi connectivity index (χ4n) is 2.04. The van der Waals surface area contributed by atoms with Crippen molar-refractivity contribution in [1.29, 1.82) is 0 Å². The standard InChI is InChI=1S/C13H17NOS/c1-10-6-11(2)8-12(7-10)13(15)14-4-3-5-16-9-14/h6-8H,3-5,9H2,1-2H3. The number of aryl methyl sites for hydroxylation is 2. The SMILES string of the molecule is Cc1cc(C)cc(C(=O)N2CCCSC2)c1. The van der Waals surface area contributed by atoms with Crippen LogP contribution in [-0.4, -0.2) is 29.0 Å². The largest absolute Gasteiger partial charge is 0.329 e. The van der Waals surface area contributed by atoms with E-state index in [0.29, 0.717) is 0 Å². The molecule has 3 heteroatoms. The third kappa shape index (κ3) is 2.59. The van der Waals surface area contributed by atoms with E-state index in [1.54, 1.807) is 0 Å². The number of carbonyl (C=O) groups excluding carboxylic acids is 1. The molecule has 1 heterocycles. The molecule has 0 unspecified atom stereocenters. The lowest BCUT2D eigenvalue weighted by Gasteiger charge is -2.26. The van der Waals surface area contributed by atoms with Crippen molar-refractivity contribution < 1.29 is 4.79 Å². The minimum atomic E-state index is 0.180. The number of benzene rings is 1. The quantitative estimate of drug-likeness (QED) is 0.746. The van der Waals surface area contributed by atoms with Crippen LogP contribution in [0.25, 0.3) is 0 Å². The van der Waals surface area contributed by atoms with Crippen molar-refractivity contribution in [3.05, 3.63) is 34.9 Å². The van der Waals surface area contributed by atoms with Crippen LogP contribution in [0.5, 0.6) is 0 Å². The number of carbonyl (C=O) groups is 1. The molecule has 0 aromatic heterocycles. The highest BCUT2D eigenvalue weighted by Gasteiger charge is 2.18. The van der Waals surface area contributed by atoms with E-state index in [2.05, 4.69) is 6.07 Å². The molecule has 1 aliphatic heterocycles. The van der Waals surface area contributed by atoms with Gasteiger partial charge >= 0.3 is 0 Å². The summed E-state index contributed by atoms with van der Waals surface area (Å²) in [6, 6.07) is 6.06. The van der Waals surface area contributed by atoms with E-state index in [9.17, 15) is 4.79 Å². The van der Waals surface area contributed by atoms with Gasteiger partial charge in [0, 0.05) is 12.1 Å². The summed E-state index contributed by atoms with van der Waals surface area (Å²) in [5.41, 5.74) is 3.15. The first-order valence-electron chi connectivity index (χ1n) is 5.62. The Hall–Kier alpha value is -0.960. The Bertz CT molecular complexity index is 377. The molecular weight excluding hydrogens is 218 g/mol. The Labute approximate surface area is 101 Å². The van der Waals surface area contributed by atoms with E-state index in [-0.39, 0.29) is 5.91 Å². The van der Waals surface area contributed by atoms with Gasteiger partial charge in [0.2, 0.25) is 0 Å². The summed E-state index contributed by atoms with van der Waals surface area (Å²) in [5.74, 6) is 2.20. The molecule has 0 spiro atoms. The van der Waals surface area contributed by atoms with E-state index in [1.807, 2.05) is 42.6 Å². The minimum absolute atomic E-state index is 0.180. The van der Waals surface area contributed by atoms with Crippen LogP contribution in [-0.2, 0) is 0 Å². The van der Waals surface area contributed by atoms with Gasteiger partial charge in [-0.2, -0.15) is 0 Å². The van der Waals surface area contributed by atoms with Crippen LogP contribution in [0.2, 0.25) is 0 Å². The Kier molecular flexibility index (Phi) is 3.54. The van der Waals surface area contributed by atoms with Gasteiger partial charge in [0.25, 0.3) is 5.91 Å². The van der Waals surface area contributed by atoms with Crippen molar-refractivity contribution in [2.24, 2.45) is 0 Å². The average molecular weight is 235 g/mol. The highest BCUT2D eigenvalue weighted by atomic mass is 32.2. The van der Waals surface area contributed by atoms with Crippen LogP contribution in [0.15, 0.2) is 18.2 Å². The van der Waals surface area contributed by atoms with Gasteiger partial charge in [0.1, 0.15) is 0 Å². The molecule has 0 atom stereocenters. The number of thioether (sulfide) groups is 1. The molecule has 1 aliphatic rings. The maximum Gasteiger partial charge on any atom is 0.254 e. The first kappa shape index (κ1) is 11.5. The van der Waals surface area contributed by atoms with Crippen molar-refractivity contribution in [2.45, 2.75) is 20.3 Å². The Morgan fingerprint density at radius 3 is 2.50 bits per heavy atom. The molecule has 0 N–H and O–H groups in total. The fourth-order valence-corrected chi connectivity index (χ4v) is 2.97. The second-order valence-corrected chi connectivity index (χ2v) is 5.41. The summed E-state index contributed by atoms with van der Waals surface area (Å²) in [4.78, 5) is 14.2. The molecule has 16 heavy (non-hydrogen) atoms. The van der Waals surface area contributed by atoms with Crippen LogP contribution in [0, 0.1) is 13.8 Å². The highest BCUT2D eigenvalue weighted by Crippen LogP contribution is 2.18. The molecule has 86 valence electrons. The molecule has 0 saturated carbocycles. The summed E-state index contributed by atoms with van der Waals surface area (Å²) in [6.07, 6.45) is 1.11. The lowest BCUT2D eigenvalue weighted by Crippen LogP contribution is -2.34. The number of hydrogen-bond acceptors (Lipinski definition) is 2. The first-order chi connectivity index (χ1) is 7.66. The highest BCUT2D eigenvalue weighted by molar-refractivity contribution is 7.99. The van der Waals surface area contributed by atoms with Gasteiger partial charge in [-0.3, -0.25) is 4.79 Å². The summed E-state index contributed by atoms with van der Waals surface area (Å²) in [5, 5.41) is 0. The van der Waals surface area contributed by atoms with Crippen LogP contribution >= 0.6 is 11.8 Å². The average Bonchev–Trinajstić information content (AvgIpc) is 2.28. The van der Waals surface area contributed by atoms with Crippen molar-refractivity contribution in [3.8, 4) is 0 Å². The van der Waals surface area contributed by atoms with Gasteiger partial charge in [-0.25, -0.2) is 0 Å². The van der Waals surface area contributed by atoms with Crippen molar-refractivity contribution in [2.75, 3.05) is 18.2 Å². The molecular formula is C13H17NOS. The zero-order valence-electron chi connectivity index (χ0n) is 9.82. The fraction of sp³-hybridized carbons (Fsp3) is 0.462. The molecule has 0 radical (unpaired) electrons. The number of amides is 1. The zero-order chi connectivity index (χ0) is 11.5. The first-order valence-corrected chi connectivity index (χ1v) is 6.77. The third-order valence-electron chi connectivity index (χ3n) is 2.72. The zero-order valence-corrected chi connectivity index (χ0v) is 10.6.